The molecule has 0 atom stereocenters. The molecule has 2 aliphatic heterocycles. The fraction of sp³-hybridized carbons (Fsp3) is 0.500. The van der Waals surface area contributed by atoms with Crippen LogP contribution in [0.15, 0.2) is 17.0 Å². The van der Waals surface area contributed by atoms with Gasteiger partial charge in [-0.15, -0.1) is 0 Å². The molecule has 0 saturated carbocycles. The van der Waals surface area contributed by atoms with Crippen LogP contribution in [0.1, 0.15) is 16.8 Å². The Labute approximate surface area is 134 Å². The minimum atomic E-state index is -4.00. The maximum Gasteiger partial charge on any atom is 0.258 e. The van der Waals surface area contributed by atoms with Crippen molar-refractivity contribution >= 4 is 15.9 Å². The van der Waals surface area contributed by atoms with Crippen LogP contribution < -0.4 is 14.6 Å². The molecular weight excluding hydrogens is 324 g/mol. The minimum absolute atomic E-state index is 0.0614. The molecule has 1 aromatic carbocycles. The van der Waals surface area contributed by atoms with E-state index in [-0.39, 0.29) is 33.4 Å². The Kier molecular flexibility index (Phi) is 3.74. The van der Waals surface area contributed by atoms with E-state index in [9.17, 15) is 13.2 Å². The van der Waals surface area contributed by atoms with Crippen LogP contribution in [0.2, 0.25) is 0 Å². The van der Waals surface area contributed by atoms with Crippen molar-refractivity contribution in [3.05, 3.63) is 17.7 Å². The number of rotatable bonds is 4. The molecule has 2 aliphatic rings. The largest absolute Gasteiger partial charge is 0.492 e. The summed E-state index contributed by atoms with van der Waals surface area (Å²) in [5.41, 5.74) is 0.0104. The quantitative estimate of drug-likeness (QED) is 0.823. The number of ether oxygens (including phenoxy) is 3. The summed E-state index contributed by atoms with van der Waals surface area (Å²) in [6, 6.07) is 2.66. The molecule has 2 saturated heterocycles. The number of carbonyl (C=O) groups excluding carboxylic acids is 1. The first-order chi connectivity index (χ1) is 10.8. The fourth-order valence-corrected chi connectivity index (χ4v) is 3.67. The Balaban J connectivity index is 2.04. The normalized spacial score (nSPS) is 19.0. The van der Waals surface area contributed by atoms with E-state index in [2.05, 4.69) is 0 Å². The number of hydrogen-bond donors (Lipinski definition) is 1. The zero-order valence-corrected chi connectivity index (χ0v) is 13.7. The molecule has 0 bridgehead atoms. The van der Waals surface area contributed by atoms with E-state index in [1.54, 1.807) is 4.90 Å². The number of benzene rings is 1. The predicted molar refractivity (Wildman–Crippen MR) is 80.1 cm³/mol. The van der Waals surface area contributed by atoms with Crippen molar-refractivity contribution in [2.45, 2.75) is 16.9 Å². The van der Waals surface area contributed by atoms with Crippen molar-refractivity contribution in [1.29, 1.82) is 0 Å². The molecule has 2 N–H and O–H groups in total. The first-order valence-electron chi connectivity index (χ1n) is 7.01. The molecule has 2 fully saturated rings. The zero-order valence-electron chi connectivity index (χ0n) is 12.9. The van der Waals surface area contributed by atoms with Gasteiger partial charge in [0, 0.05) is 6.54 Å². The summed E-state index contributed by atoms with van der Waals surface area (Å²) in [6.45, 7) is 1.67. The van der Waals surface area contributed by atoms with E-state index < -0.39 is 10.0 Å². The molecular formula is C14H18N2O6S. The topological polar surface area (TPSA) is 108 Å². The lowest BCUT2D eigenvalue weighted by molar-refractivity contribution is -0.172. The molecule has 2 heterocycles. The summed E-state index contributed by atoms with van der Waals surface area (Å²) in [4.78, 5) is 14.3. The van der Waals surface area contributed by atoms with Gasteiger partial charge in [0.05, 0.1) is 38.5 Å². The lowest BCUT2D eigenvalue weighted by Crippen LogP contribution is -2.72. The highest BCUT2D eigenvalue weighted by Gasteiger charge is 2.53. The number of hydrogen-bond acceptors (Lipinski definition) is 6. The van der Waals surface area contributed by atoms with E-state index in [1.807, 2.05) is 0 Å². The zero-order chi connectivity index (χ0) is 16.8. The number of nitrogens with zero attached hydrogens (tertiary/aromatic N) is 1. The molecule has 8 nitrogen and oxygen atoms in total. The molecule has 3 rings (SSSR count). The Hall–Kier alpha value is -1.84. The summed E-state index contributed by atoms with van der Waals surface area (Å²) in [7, 11) is -1.35. The van der Waals surface area contributed by atoms with Crippen molar-refractivity contribution < 1.29 is 27.4 Å². The lowest BCUT2D eigenvalue weighted by Gasteiger charge is -2.57. The van der Waals surface area contributed by atoms with Crippen molar-refractivity contribution in [2.24, 2.45) is 5.14 Å². The summed E-state index contributed by atoms with van der Waals surface area (Å²) in [5.74, 6) is -0.248. The predicted octanol–water partition coefficient (Wildman–Crippen LogP) is -0.0339. The summed E-state index contributed by atoms with van der Waals surface area (Å²) in [6.07, 6.45) is 0.896. The molecule has 1 aromatic rings. The van der Waals surface area contributed by atoms with Crippen LogP contribution in [-0.4, -0.2) is 58.7 Å². The van der Waals surface area contributed by atoms with E-state index in [1.165, 1.54) is 26.4 Å². The van der Waals surface area contributed by atoms with Gasteiger partial charge < -0.3 is 19.1 Å². The number of carbonyl (C=O) groups is 1. The molecule has 9 heteroatoms. The SMILES string of the molecule is COc1c(C(=O)N2CCC23COC3)ccc(S(N)(=O)=O)c1OC. The van der Waals surface area contributed by atoms with Gasteiger partial charge in [0.15, 0.2) is 11.5 Å². The van der Waals surface area contributed by atoms with Crippen LogP contribution in [-0.2, 0) is 14.8 Å². The van der Waals surface area contributed by atoms with Crippen LogP contribution in [0.5, 0.6) is 11.5 Å². The fourth-order valence-electron chi connectivity index (χ4n) is 2.97. The average molecular weight is 342 g/mol. The van der Waals surface area contributed by atoms with Gasteiger partial charge in [0.1, 0.15) is 4.90 Å². The first-order valence-corrected chi connectivity index (χ1v) is 8.56. The molecule has 23 heavy (non-hydrogen) atoms. The highest BCUT2D eigenvalue weighted by molar-refractivity contribution is 7.89. The van der Waals surface area contributed by atoms with Crippen LogP contribution in [0.3, 0.4) is 0 Å². The number of primary sulfonamides is 1. The van der Waals surface area contributed by atoms with Gasteiger partial charge in [-0.3, -0.25) is 4.79 Å². The third-order valence-electron chi connectivity index (χ3n) is 4.38. The minimum Gasteiger partial charge on any atom is -0.492 e. The average Bonchev–Trinajstić information content (AvgIpc) is 2.41. The van der Waals surface area contributed by atoms with Crippen LogP contribution in [0, 0.1) is 0 Å². The van der Waals surface area contributed by atoms with Gasteiger partial charge in [-0.05, 0) is 18.6 Å². The summed E-state index contributed by atoms with van der Waals surface area (Å²) < 4.78 is 38.9. The Morgan fingerprint density at radius 3 is 2.30 bits per heavy atom. The number of amides is 1. The third-order valence-corrected chi connectivity index (χ3v) is 5.32. The molecule has 0 aromatic heterocycles. The molecule has 126 valence electrons. The second-order valence-electron chi connectivity index (χ2n) is 5.65. The number of nitrogens with two attached hydrogens (primary N) is 1. The highest BCUT2D eigenvalue weighted by Crippen LogP contribution is 2.42. The van der Waals surface area contributed by atoms with Gasteiger partial charge in [0.25, 0.3) is 5.91 Å². The van der Waals surface area contributed by atoms with E-state index in [0.717, 1.165) is 6.42 Å². The van der Waals surface area contributed by atoms with Gasteiger partial charge in [0.2, 0.25) is 10.0 Å². The van der Waals surface area contributed by atoms with E-state index in [0.29, 0.717) is 19.8 Å². The molecule has 0 radical (unpaired) electrons. The number of likely N-dealkylation sites (tertiary alicyclic amines) is 1. The van der Waals surface area contributed by atoms with Crippen molar-refractivity contribution in [3.63, 3.8) is 0 Å². The second kappa shape index (κ2) is 5.36. The molecule has 1 amide bonds. The van der Waals surface area contributed by atoms with Crippen LogP contribution >= 0.6 is 0 Å². The molecule has 0 unspecified atom stereocenters. The first kappa shape index (κ1) is 16.0. The smallest absolute Gasteiger partial charge is 0.258 e. The van der Waals surface area contributed by atoms with Crippen molar-refractivity contribution in [2.75, 3.05) is 34.0 Å². The summed E-state index contributed by atoms with van der Waals surface area (Å²) in [5, 5.41) is 5.18. The standard InChI is InChI=1S/C14H18N2O6S/c1-20-11-9(3-4-10(12(11)21-2)23(15,18)19)13(17)16-6-5-14(16)7-22-8-14/h3-4H,5-8H2,1-2H3,(H2,15,18,19). The monoisotopic (exact) mass is 342 g/mol. The second-order valence-corrected chi connectivity index (χ2v) is 7.18. The maximum atomic E-state index is 12.8. The van der Waals surface area contributed by atoms with Gasteiger partial charge in [-0.1, -0.05) is 0 Å². The van der Waals surface area contributed by atoms with E-state index in [4.69, 9.17) is 19.3 Å². The Morgan fingerprint density at radius 1 is 1.26 bits per heavy atom. The maximum absolute atomic E-state index is 12.8. The summed E-state index contributed by atoms with van der Waals surface area (Å²) >= 11 is 0. The molecule has 1 spiro atoms. The highest BCUT2D eigenvalue weighted by atomic mass is 32.2. The lowest BCUT2D eigenvalue weighted by atomic mass is 9.82. The number of sulfonamides is 1. The van der Waals surface area contributed by atoms with Gasteiger partial charge in [-0.2, -0.15) is 0 Å². The van der Waals surface area contributed by atoms with Crippen LogP contribution in [0.4, 0.5) is 0 Å². The van der Waals surface area contributed by atoms with Crippen molar-refractivity contribution in [1.82, 2.24) is 4.90 Å². The van der Waals surface area contributed by atoms with Gasteiger partial charge in [-0.25, -0.2) is 13.6 Å². The Morgan fingerprint density at radius 2 is 1.91 bits per heavy atom. The Bertz CT molecular complexity index is 751. The van der Waals surface area contributed by atoms with E-state index >= 15 is 0 Å². The van der Waals surface area contributed by atoms with Crippen LogP contribution in [0.25, 0.3) is 0 Å². The molecule has 0 aliphatic carbocycles. The van der Waals surface area contributed by atoms with Crippen molar-refractivity contribution in [3.8, 4) is 11.5 Å². The number of methoxy groups -OCH3 is 2. The third kappa shape index (κ3) is 2.35. The van der Waals surface area contributed by atoms with Gasteiger partial charge >= 0.3 is 0 Å².